The maximum atomic E-state index is 12.1. The summed E-state index contributed by atoms with van der Waals surface area (Å²) in [6.45, 7) is 7.62. The van der Waals surface area contributed by atoms with Gasteiger partial charge in [-0.15, -0.1) is 11.8 Å². The summed E-state index contributed by atoms with van der Waals surface area (Å²) in [6.07, 6.45) is 0. The number of esters is 1. The minimum atomic E-state index is -0.449. The SMILES string of the molecule is Cc1ccc2c(COC(=O)CSCc3c(C)noc3C)cc(=O)oc2c1C. The van der Waals surface area contributed by atoms with Gasteiger partial charge in [0.05, 0.1) is 11.4 Å². The summed E-state index contributed by atoms with van der Waals surface area (Å²) >= 11 is 1.44. The van der Waals surface area contributed by atoms with E-state index in [9.17, 15) is 9.59 Å². The molecule has 0 fully saturated rings. The van der Waals surface area contributed by atoms with Crippen molar-refractivity contribution in [3.63, 3.8) is 0 Å². The van der Waals surface area contributed by atoms with E-state index >= 15 is 0 Å². The molecule has 0 saturated heterocycles. The number of benzene rings is 1. The van der Waals surface area contributed by atoms with Crippen LogP contribution < -0.4 is 5.63 Å². The first-order chi connectivity index (χ1) is 12.9. The maximum Gasteiger partial charge on any atom is 0.336 e. The van der Waals surface area contributed by atoms with Gasteiger partial charge < -0.3 is 13.7 Å². The molecule has 0 bridgehead atoms. The minimum absolute atomic E-state index is 0.0370. The van der Waals surface area contributed by atoms with E-state index in [-0.39, 0.29) is 18.3 Å². The van der Waals surface area contributed by atoms with Crippen LogP contribution in [-0.2, 0) is 21.9 Å². The fraction of sp³-hybridized carbons (Fsp3) is 0.350. The summed E-state index contributed by atoms with van der Waals surface area (Å²) in [5, 5.41) is 4.68. The van der Waals surface area contributed by atoms with Crippen LogP contribution in [0.5, 0.6) is 0 Å². The van der Waals surface area contributed by atoms with Crippen LogP contribution in [-0.4, -0.2) is 16.9 Å². The molecule has 3 rings (SSSR count). The molecule has 142 valence electrons. The summed E-state index contributed by atoms with van der Waals surface area (Å²) in [7, 11) is 0. The number of nitrogens with zero attached hydrogens (tertiary/aromatic N) is 1. The quantitative estimate of drug-likeness (QED) is 0.467. The lowest BCUT2D eigenvalue weighted by molar-refractivity contribution is -0.141. The normalized spacial score (nSPS) is 11.1. The zero-order valence-corrected chi connectivity index (χ0v) is 16.6. The molecule has 2 aromatic heterocycles. The number of carbonyl (C=O) groups is 1. The van der Waals surface area contributed by atoms with Gasteiger partial charge in [-0.3, -0.25) is 4.79 Å². The molecule has 3 aromatic rings. The van der Waals surface area contributed by atoms with Crippen molar-refractivity contribution in [2.45, 2.75) is 40.1 Å². The van der Waals surface area contributed by atoms with Crippen LogP contribution in [0.2, 0.25) is 0 Å². The molecule has 0 unspecified atom stereocenters. The predicted molar refractivity (Wildman–Crippen MR) is 104 cm³/mol. The Balaban J connectivity index is 1.64. The minimum Gasteiger partial charge on any atom is -0.460 e. The first-order valence-electron chi connectivity index (χ1n) is 8.55. The maximum absolute atomic E-state index is 12.1. The van der Waals surface area contributed by atoms with Gasteiger partial charge in [0.2, 0.25) is 0 Å². The van der Waals surface area contributed by atoms with Crippen LogP contribution in [0.15, 0.2) is 31.9 Å². The van der Waals surface area contributed by atoms with Gasteiger partial charge in [-0.05, 0) is 38.8 Å². The summed E-state index contributed by atoms with van der Waals surface area (Å²) in [5.41, 5.74) is 4.53. The molecule has 0 amide bonds. The molecular formula is C20H21NO5S. The van der Waals surface area contributed by atoms with Crippen molar-refractivity contribution in [1.29, 1.82) is 0 Å². The van der Waals surface area contributed by atoms with Gasteiger partial charge in [-0.2, -0.15) is 0 Å². The average Bonchev–Trinajstić information content (AvgIpc) is 2.95. The molecule has 0 N–H and O–H groups in total. The zero-order valence-electron chi connectivity index (χ0n) is 15.8. The molecule has 0 aliphatic heterocycles. The Morgan fingerprint density at radius 3 is 2.70 bits per heavy atom. The largest absolute Gasteiger partial charge is 0.460 e. The number of rotatable bonds is 6. The van der Waals surface area contributed by atoms with E-state index in [0.717, 1.165) is 33.5 Å². The second-order valence-electron chi connectivity index (χ2n) is 6.43. The van der Waals surface area contributed by atoms with E-state index in [1.807, 2.05) is 39.8 Å². The molecule has 0 aliphatic rings. The second kappa shape index (κ2) is 8.00. The number of aromatic nitrogens is 1. The van der Waals surface area contributed by atoms with Gasteiger partial charge in [-0.25, -0.2) is 4.79 Å². The molecule has 0 aliphatic carbocycles. The number of ether oxygens (including phenoxy) is 1. The lowest BCUT2D eigenvalue weighted by Gasteiger charge is -2.09. The third kappa shape index (κ3) is 4.24. The van der Waals surface area contributed by atoms with E-state index in [0.29, 0.717) is 16.9 Å². The molecule has 0 saturated carbocycles. The van der Waals surface area contributed by atoms with E-state index in [4.69, 9.17) is 13.7 Å². The van der Waals surface area contributed by atoms with Crippen LogP contribution in [0.3, 0.4) is 0 Å². The number of carbonyl (C=O) groups excluding carboxylic acids is 1. The third-order valence-corrected chi connectivity index (χ3v) is 5.49. The number of hydrogen-bond acceptors (Lipinski definition) is 7. The highest BCUT2D eigenvalue weighted by atomic mass is 32.2. The molecule has 2 heterocycles. The van der Waals surface area contributed by atoms with Crippen LogP contribution in [0.25, 0.3) is 11.0 Å². The molecule has 6 nitrogen and oxygen atoms in total. The van der Waals surface area contributed by atoms with E-state index < -0.39 is 5.63 Å². The summed E-state index contributed by atoms with van der Waals surface area (Å²) in [6, 6.07) is 5.22. The van der Waals surface area contributed by atoms with Crippen molar-refractivity contribution in [2.24, 2.45) is 0 Å². The standard InChI is InChI=1S/C20H21NO5S/c1-11-5-6-16-15(7-18(22)25-20(16)12(11)2)8-24-19(23)10-27-9-17-13(3)21-26-14(17)4/h5-7H,8-10H2,1-4H3. The van der Waals surface area contributed by atoms with Gasteiger partial charge in [0.25, 0.3) is 0 Å². The average molecular weight is 387 g/mol. The summed E-state index contributed by atoms with van der Waals surface area (Å²) in [5.74, 6) is 1.27. The molecule has 27 heavy (non-hydrogen) atoms. The number of hydrogen-bond donors (Lipinski definition) is 0. The van der Waals surface area contributed by atoms with Crippen molar-refractivity contribution in [1.82, 2.24) is 5.16 Å². The summed E-state index contributed by atoms with van der Waals surface area (Å²) in [4.78, 5) is 23.9. The molecule has 0 spiro atoms. The van der Waals surface area contributed by atoms with Crippen molar-refractivity contribution < 1.29 is 18.5 Å². The second-order valence-corrected chi connectivity index (χ2v) is 7.42. The highest BCUT2D eigenvalue weighted by Crippen LogP contribution is 2.24. The molecule has 7 heteroatoms. The lowest BCUT2D eigenvalue weighted by atomic mass is 10.0. The predicted octanol–water partition coefficient (Wildman–Crippen LogP) is 3.99. The van der Waals surface area contributed by atoms with Crippen molar-refractivity contribution in [3.8, 4) is 0 Å². The molecule has 0 radical (unpaired) electrons. The lowest BCUT2D eigenvalue weighted by Crippen LogP contribution is -2.10. The molecule has 1 aromatic carbocycles. The van der Waals surface area contributed by atoms with Crippen molar-refractivity contribution >= 4 is 28.7 Å². The molecule has 0 atom stereocenters. The highest BCUT2D eigenvalue weighted by molar-refractivity contribution is 7.99. The third-order valence-electron chi connectivity index (χ3n) is 4.55. The van der Waals surface area contributed by atoms with Crippen molar-refractivity contribution in [2.75, 3.05) is 5.75 Å². The van der Waals surface area contributed by atoms with E-state index in [1.165, 1.54) is 17.8 Å². The Bertz CT molecular complexity index is 1030. The van der Waals surface area contributed by atoms with Crippen molar-refractivity contribution in [3.05, 3.63) is 62.3 Å². The van der Waals surface area contributed by atoms with Gasteiger partial charge in [0, 0.05) is 28.3 Å². The monoisotopic (exact) mass is 387 g/mol. The molecular weight excluding hydrogens is 366 g/mol. The Morgan fingerprint density at radius 1 is 1.22 bits per heavy atom. The van der Waals surface area contributed by atoms with Gasteiger partial charge in [-0.1, -0.05) is 17.3 Å². The van der Waals surface area contributed by atoms with Gasteiger partial charge >= 0.3 is 11.6 Å². The topological polar surface area (TPSA) is 82.5 Å². The fourth-order valence-electron chi connectivity index (χ4n) is 2.79. The zero-order chi connectivity index (χ0) is 19.6. The number of thioether (sulfide) groups is 1. The Labute approximate surface area is 160 Å². The van der Waals surface area contributed by atoms with E-state index in [1.54, 1.807) is 0 Å². The smallest absolute Gasteiger partial charge is 0.336 e. The van der Waals surface area contributed by atoms with Gasteiger partial charge in [0.15, 0.2) is 0 Å². The van der Waals surface area contributed by atoms with Crippen LogP contribution >= 0.6 is 11.8 Å². The number of fused-ring (bicyclic) bond motifs is 1. The van der Waals surface area contributed by atoms with E-state index in [2.05, 4.69) is 5.16 Å². The van der Waals surface area contributed by atoms with Gasteiger partial charge in [0.1, 0.15) is 18.0 Å². The Morgan fingerprint density at radius 2 is 2.00 bits per heavy atom. The fourth-order valence-corrected chi connectivity index (χ4v) is 3.76. The van der Waals surface area contributed by atoms with Crippen LogP contribution in [0, 0.1) is 27.7 Å². The Hall–Kier alpha value is -2.54. The summed E-state index contributed by atoms with van der Waals surface area (Å²) < 4.78 is 15.8. The first kappa shape index (κ1) is 19.2. The highest BCUT2D eigenvalue weighted by Gasteiger charge is 2.13. The first-order valence-corrected chi connectivity index (χ1v) is 9.70. The van der Waals surface area contributed by atoms with Crippen LogP contribution in [0.1, 0.15) is 33.7 Å². The Kier molecular flexibility index (Phi) is 5.70. The number of aryl methyl sites for hydroxylation is 4. The van der Waals surface area contributed by atoms with Crippen LogP contribution in [0.4, 0.5) is 0 Å².